The molecule has 0 fully saturated rings. The Bertz CT molecular complexity index is 1410. The minimum atomic E-state index is 0.0724. The largest absolute Gasteiger partial charge is 0.282 e. The van der Waals surface area contributed by atoms with Gasteiger partial charge in [0, 0.05) is 23.2 Å². The highest BCUT2D eigenvalue weighted by molar-refractivity contribution is 5.80. The van der Waals surface area contributed by atoms with Crippen molar-refractivity contribution < 1.29 is 0 Å². The number of H-pyrrole nitrogens is 1. The normalized spacial score (nSPS) is 17.2. The Hall–Kier alpha value is -3.99. The number of rotatable bonds is 7. The maximum absolute atomic E-state index is 13.6. The third-order valence-electron chi connectivity index (χ3n) is 6.98. The molecule has 178 valence electrons. The lowest BCUT2D eigenvalue weighted by molar-refractivity contribution is 0.230. The van der Waals surface area contributed by atoms with Crippen LogP contribution < -0.4 is 5.56 Å². The molecule has 1 aliphatic heterocycles. The van der Waals surface area contributed by atoms with E-state index in [-0.39, 0.29) is 17.6 Å². The van der Waals surface area contributed by atoms with E-state index in [1.54, 1.807) is 0 Å². The first-order chi connectivity index (χ1) is 17.1. The molecule has 0 saturated carbocycles. The number of nitrogens with one attached hydrogen (secondary N) is 1. The standard InChI is InChI=1S/C27H29N7O/c1-3-6-25-24(27(35)33-18(2)9-14-21(15-16-28)34(25)33)17-19-10-12-20(13-11-19)22-7-4-5-8-23(22)26-29-31-32-30-26/h4-5,7-8,10-13,18,21H,3,6,9,14-15,17H2,1-2H3,(H,29,30,31,32). The molecule has 0 aliphatic carbocycles. The van der Waals surface area contributed by atoms with Gasteiger partial charge in [0.1, 0.15) is 0 Å². The van der Waals surface area contributed by atoms with E-state index in [2.05, 4.69) is 69.5 Å². The van der Waals surface area contributed by atoms with E-state index < -0.39 is 0 Å². The fraction of sp³-hybridized carbons (Fsp3) is 0.370. The number of fused-ring (bicyclic) bond motifs is 1. The molecule has 35 heavy (non-hydrogen) atoms. The van der Waals surface area contributed by atoms with Gasteiger partial charge in [-0.1, -0.05) is 61.9 Å². The fourth-order valence-electron chi connectivity index (χ4n) is 5.30. The van der Waals surface area contributed by atoms with Crippen LogP contribution in [0.2, 0.25) is 0 Å². The number of aromatic nitrogens is 6. The van der Waals surface area contributed by atoms with Crippen molar-refractivity contribution in [2.24, 2.45) is 0 Å². The van der Waals surface area contributed by atoms with Crippen molar-refractivity contribution in [1.82, 2.24) is 30.0 Å². The lowest BCUT2D eigenvalue weighted by Gasteiger charge is -2.31. The van der Waals surface area contributed by atoms with Gasteiger partial charge in [-0.25, -0.2) is 4.68 Å². The van der Waals surface area contributed by atoms with Crippen molar-refractivity contribution in [2.45, 2.75) is 64.5 Å². The molecule has 1 aliphatic rings. The van der Waals surface area contributed by atoms with Crippen LogP contribution in [0.1, 0.15) is 68.4 Å². The Balaban J connectivity index is 1.50. The predicted octanol–water partition coefficient (Wildman–Crippen LogP) is 4.85. The van der Waals surface area contributed by atoms with Gasteiger partial charge in [0.25, 0.3) is 5.56 Å². The van der Waals surface area contributed by atoms with Crippen LogP contribution in [-0.2, 0) is 12.8 Å². The Kier molecular flexibility index (Phi) is 6.32. The summed E-state index contributed by atoms with van der Waals surface area (Å²) in [4.78, 5) is 13.6. The van der Waals surface area contributed by atoms with Crippen LogP contribution in [0.25, 0.3) is 22.5 Å². The van der Waals surface area contributed by atoms with Crippen molar-refractivity contribution in [2.75, 3.05) is 0 Å². The zero-order valence-electron chi connectivity index (χ0n) is 20.1. The topological polar surface area (TPSA) is 105 Å². The molecular formula is C27H29N7O. The number of hydrogen-bond donors (Lipinski definition) is 1. The van der Waals surface area contributed by atoms with Gasteiger partial charge in [-0.05, 0) is 48.1 Å². The quantitative estimate of drug-likeness (QED) is 0.418. The minimum absolute atomic E-state index is 0.0724. The SMILES string of the molecule is CCCc1c(Cc2ccc(-c3ccccc3-c3nn[nH]n3)cc2)c(=O)n2n1C(CC#N)CCC2C. The molecule has 2 unspecified atom stereocenters. The zero-order chi connectivity index (χ0) is 24.4. The minimum Gasteiger partial charge on any atom is -0.282 e. The summed E-state index contributed by atoms with van der Waals surface area (Å²) in [5.41, 5.74) is 6.14. The summed E-state index contributed by atoms with van der Waals surface area (Å²) in [7, 11) is 0. The van der Waals surface area contributed by atoms with Crippen LogP contribution in [0.4, 0.5) is 0 Å². The first-order valence-electron chi connectivity index (χ1n) is 12.3. The molecule has 0 saturated heterocycles. The van der Waals surface area contributed by atoms with Gasteiger partial charge >= 0.3 is 0 Å². The smallest absolute Gasteiger partial charge is 0.270 e. The Labute approximate surface area is 204 Å². The predicted molar refractivity (Wildman–Crippen MR) is 134 cm³/mol. The third-order valence-corrected chi connectivity index (χ3v) is 6.98. The molecule has 0 spiro atoms. The second-order valence-corrected chi connectivity index (χ2v) is 9.27. The molecule has 4 aromatic rings. The number of benzene rings is 2. The molecular weight excluding hydrogens is 438 g/mol. The molecule has 8 nitrogen and oxygen atoms in total. The van der Waals surface area contributed by atoms with E-state index in [1.807, 2.05) is 28.9 Å². The Morgan fingerprint density at radius 2 is 1.86 bits per heavy atom. The summed E-state index contributed by atoms with van der Waals surface area (Å²) < 4.78 is 4.08. The van der Waals surface area contributed by atoms with Crippen molar-refractivity contribution in [1.29, 1.82) is 5.26 Å². The number of nitrogens with zero attached hydrogens (tertiary/aromatic N) is 6. The maximum atomic E-state index is 13.6. The molecule has 2 aromatic carbocycles. The van der Waals surface area contributed by atoms with E-state index >= 15 is 0 Å². The molecule has 0 amide bonds. The maximum Gasteiger partial charge on any atom is 0.270 e. The second kappa shape index (κ2) is 9.71. The first-order valence-corrected chi connectivity index (χ1v) is 12.3. The Morgan fingerprint density at radius 1 is 1.09 bits per heavy atom. The highest BCUT2D eigenvalue weighted by Gasteiger charge is 2.30. The van der Waals surface area contributed by atoms with E-state index in [9.17, 15) is 10.1 Å². The molecule has 5 rings (SSSR count). The van der Waals surface area contributed by atoms with Crippen molar-refractivity contribution in [3.05, 3.63) is 75.7 Å². The van der Waals surface area contributed by atoms with Gasteiger partial charge in [0.05, 0.1) is 24.6 Å². The van der Waals surface area contributed by atoms with Crippen molar-refractivity contribution in [3.8, 4) is 28.6 Å². The first kappa shape index (κ1) is 22.8. The van der Waals surface area contributed by atoms with Gasteiger partial charge in [0.2, 0.25) is 5.82 Å². The summed E-state index contributed by atoms with van der Waals surface area (Å²) in [5.74, 6) is 0.558. The summed E-state index contributed by atoms with van der Waals surface area (Å²) in [5, 5.41) is 23.8. The molecule has 0 bridgehead atoms. The van der Waals surface area contributed by atoms with Crippen LogP contribution in [-0.4, -0.2) is 30.0 Å². The zero-order valence-corrected chi connectivity index (χ0v) is 20.1. The van der Waals surface area contributed by atoms with E-state index in [0.29, 0.717) is 18.7 Å². The summed E-state index contributed by atoms with van der Waals surface area (Å²) in [6, 6.07) is 18.9. The van der Waals surface area contributed by atoms with E-state index in [4.69, 9.17) is 0 Å². The van der Waals surface area contributed by atoms with Gasteiger partial charge in [-0.2, -0.15) is 10.5 Å². The van der Waals surface area contributed by atoms with Crippen LogP contribution in [0.5, 0.6) is 0 Å². The summed E-state index contributed by atoms with van der Waals surface area (Å²) in [6.07, 6.45) is 4.67. The van der Waals surface area contributed by atoms with Crippen LogP contribution in [0.15, 0.2) is 53.3 Å². The van der Waals surface area contributed by atoms with Crippen molar-refractivity contribution >= 4 is 0 Å². The summed E-state index contributed by atoms with van der Waals surface area (Å²) in [6.45, 7) is 4.25. The number of hydrogen-bond acceptors (Lipinski definition) is 5. The van der Waals surface area contributed by atoms with Gasteiger partial charge in [-0.3, -0.25) is 9.48 Å². The van der Waals surface area contributed by atoms with E-state index in [0.717, 1.165) is 59.2 Å². The molecule has 2 atom stereocenters. The lowest BCUT2D eigenvalue weighted by Crippen LogP contribution is -2.34. The average Bonchev–Trinajstić information content (AvgIpc) is 3.50. The summed E-state index contributed by atoms with van der Waals surface area (Å²) >= 11 is 0. The fourth-order valence-corrected chi connectivity index (χ4v) is 5.30. The average molecular weight is 468 g/mol. The second-order valence-electron chi connectivity index (χ2n) is 9.27. The lowest BCUT2D eigenvalue weighted by atomic mass is 9.96. The molecule has 0 radical (unpaired) electrons. The third kappa shape index (κ3) is 4.18. The number of tetrazole rings is 1. The monoisotopic (exact) mass is 467 g/mol. The van der Waals surface area contributed by atoms with Gasteiger partial charge in [-0.15, -0.1) is 10.2 Å². The van der Waals surface area contributed by atoms with Crippen molar-refractivity contribution in [3.63, 3.8) is 0 Å². The van der Waals surface area contributed by atoms with Gasteiger partial charge < -0.3 is 0 Å². The number of nitriles is 1. The molecule has 3 heterocycles. The van der Waals surface area contributed by atoms with Crippen LogP contribution in [0.3, 0.4) is 0 Å². The highest BCUT2D eigenvalue weighted by Crippen LogP contribution is 2.33. The van der Waals surface area contributed by atoms with Crippen LogP contribution >= 0.6 is 0 Å². The molecule has 2 aromatic heterocycles. The molecule has 8 heteroatoms. The van der Waals surface area contributed by atoms with Crippen LogP contribution in [0, 0.1) is 11.3 Å². The molecule has 1 N–H and O–H groups in total. The van der Waals surface area contributed by atoms with Gasteiger partial charge in [0.15, 0.2) is 0 Å². The highest BCUT2D eigenvalue weighted by atomic mass is 16.1. The Morgan fingerprint density at radius 3 is 2.54 bits per heavy atom. The van der Waals surface area contributed by atoms with E-state index in [1.165, 1.54) is 0 Å². The number of aromatic amines is 1.